The summed E-state index contributed by atoms with van der Waals surface area (Å²) in [4.78, 5) is 0. The third kappa shape index (κ3) is 3.65. The van der Waals surface area contributed by atoms with E-state index in [4.69, 9.17) is 11.6 Å². The molecule has 1 aromatic rings. The Morgan fingerprint density at radius 3 is 2.57 bits per heavy atom. The van der Waals surface area contributed by atoms with E-state index < -0.39 is 10.0 Å². The molecule has 1 N–H and O–H groups in total. The Balaban J connectivity index is 2.74. The van der Waals surface area contributed by atoms with Crippen LogP contribution in [-0.4, -0.2) is 14.7 Å². The lowest BCUT2D eigenvalue weighted by Crippen LogP contribution is -2.21. The fraction of sp³-hybridized carbons (Fsp3) is 0.333. The summed E-state index contributed by atoms with van der Waals surface area (Å²) in [5.41, 5.74) is 1.83. The quantitative estimate of drug-likeness (QED) is 0.864. The van der Waals surface area contributed by atoms with Crippen LogP contribution in [-0.2, 0) is 16.6 Å². The first-order chi connectivity index (χ1) is 6.38. The van der Waals surface area contributed by atoms with Gasteiger partial charge in [0.25, 0.3) is 0 Å². The molecule has 0 amide bonds. The average Bonchev–Trinajstić information content (AvgIpc) is 2.06. The Hall–Kier alpha value is -0.580. The van der Waals surface area contributed by atoms with E-state index in [1.54, 1.807) is 6.07 Å². The Morgan fingerprint density at radius 1 is 1.43 bits per heavy atom. The van der Waals surface area contributed by atoms with Crippen molar-refractivity contribution in [1.29, 1.82) is 0 Å². The molecule has 0 saturated heterocycles. The van der Waals surface area contributed by atoms with Crippen LogP contribution >= 0.6 is 11.6 Å². The smallest absolute Gasteiger partial charge is 0.209 e. The van der Waals surface area contributed by atoms with E-state index in [1.807, 2.05) is 19.1 Å². The van der Waals surface area contributed by atoms with Crippen molar-refractivity contribution in [2.45, 2.75) is 13.5 Å². The summed E-state index contributed by atoms with van der Waals surface area (Å²) in [5, 5.41) is 0.651. The van der Waals surface area contributed by atoms with E-state index in [1.165, 1.54) is 0 Å². The van der Waals surface area contributed by atoms with Gasteiger partial charge in [-0.15, -0.1) is 0 Å². The Bertz CT molecular complexity index is 428. The topological polar surface area (TPSA) is 46.2 Å². The van der Waals surface area contributed by atoms with Crippen molar-refractivity contribution >= 4 is 21.6 Å². The van der Waals surface area contributed by atoms with Crippen molar-refractivity contribution in [2.24, 2.45) is 0 Å². The van der Waals surface area contributed by atoms with Crippen molar-refractivity contribution in [3.05, 3.63) is 34.3 Å². The van der Waals surface area contributed by atoms with Crippen molar-refractivity contribution in [2.75, 3.05) is 6.26 Å². The number of benzene rings is 1. The van der Waals surface area contributed by atoms with Gasteiger partial charge < -0.3 is 0 Å². The molecule has 0 aromatic heterocycles. The maximum absolute atomic E-state index is 10.8. The van der Waals surface area contributed by atoms with Crippen LogP contribution in [0, 0.1) is 6.92 Å². The van der Waals surface area contributed by atoms with Gasteiger partial charge in [-0.3, -0.25) is 0 Å². The third-order valence-electron chi connectivity index (χ3n) is 1.77. The van der Waals surface area contributed by atoms with Gasteiger partial charge >= 0.3 is 0 Å². The lowest BCUT2D eigenvalue weighted by molar-refractivity contribution is 0.587. The first-order valence-corrected chi connectivity index (χ1v) is 6.35. The van der Waals surface area contributed by atoms with E-state index in [0.717, 1.165) is 17.4 Å². The second kappa shape index (κ2) is 4.29. The number of nitrogens with one attached hydrogen (secondary N) is 1. The molecule has 0 saturated carbocycles. The number of rotatable bonds is 3. The summed E-state index contributed by atoms with van der Waals surface area (Å²) >= 11 is 5.89. The van der Waals surface area contributed by atoms with Crippen molar-refractivity contribution in [1.82, 2.24) is 4.72 Å². The SMILES string of the molecule is Cc1ccc(CNS(C)(=O)=O)cc1Cl. The fourth-order valence-corrected chi connectivity index (χ4v) is 1.59. The summed E-state index contributed by atoms with van der Waals surface area (Å²) in [5.74, 6) is 0. The van der Waals surface area contributed by atoms with Crippen LogP contribution in [0.1, 0.15) is 11.1 Å². The molecule has 3 nitrogen and oxygen atoms in total. The van der Waals surface area contributed by atoms with Crippen LogP contribution in [0.15, 0.2) is 18.2 Å². The van der Waals surface area contributed by atoms with Gasteiger partial charge in [-0.05, 0) is 24.1 Å². The minimum atomic E-state index is -3.14. The minimum Gasteiger partial charge on any atom is -0.213 e. The molecule has 0 heterocycles. The zero-order valence-electron chi connectivity index (χ0n) is 8.04. The van der Waals surface area contributed by atoms with E-state index in [9.17, 15) is 8.42 Å². The fourth-order valence-electron chi connectivity index (χ4n) is 0.961. The molecule has 78 valence electrons. The summed E-state index contributed by atoms with van der Waals surface area (Å²) in [6.45, 7) is 2.18. The highest BCUT2D eigenvalue weighted by Gasteiger charge is 2.02. The van der Waals surface area contributed by atoms with E-state index in [-0.39, 0.29) is 6.54 Å². The van der Waals surface area contributed by atoms with Crippen LogP contribution in [0.4, 0.5) is 0 Å². The van der Waals surface area contributed by atoms with Crippen LogP contribution in [0.25, 0.3) is 0 Å². The molecular formula is C9H12ClNO2S. The normalized spacial score (nSPS) is 11.6. The maximum atomic E-state index is 10.8. The molecule has 0 unspecified atom stereocenters. The molecule has 1 rings (SSSR count). The van der Waals surface area contributed by atoms with Gasteiger partial charge in [0.1, 0.15) is 0 Å². The van der Waals surface area contributed by atoms with E-state index >= 15 is 0 Å². The second-order valence-corrected chi connectivity index (χ2v) is 5.42. The monoisotopic (exact) mass is 233 g/mol. The molecule has 0 aliphatic heterocycles. The van der Waals surface area contributed by atoms with Crippen LogP contribution in [0.2, 0.25) is 5.02 Å². The van der Waals surface area contributed by atoms with Crippen LogP contribution in [0.5, 0.6) is 0 Å². The Morgan fingerprint density at radius 2 is 2.07 bits per heavy atom. The van der Waals surface area contributed by atoms with E-state index in [2.05, 4.69) is 4.72 Å². The van der Waals surface area contributed by atoms with Gasteiger partial charge in [-0.25, -0.2) is 13.1 Å². The molecule has 1 aromatic carbocycles. The van der Waals surface area contributed by atoms with Gasteiger partial charge in [0.15, 0.2) is 0 Å². The van der Waals surface area contributed by atoms with Crippen molar-refractivity contribution in [3.63, 3.8) is 0 Å². The number of hydrogen-bond donors (Lipinski definition) is 1. The molecule has 0 bridgehead atoms. The standard InChI is InChI=1S/C9H12ClNO2S/c1-7-3-4-8(5-9(7)10)6-11-14(2,12)13/h3-5,11H,6H2,1-2H3. The molecule has 0 aliphatic rings. The largest absolute Gasteiger partial charge is 0.213 e. The molecule has 0 fully saturated rings. The minimum absolute atomic E-state index is 0.277. The molecule has 0 aliphatic carbocycles. The number of sulfonamides is 1. The Labute approximate surface area is 89.1 Å². The summed E-state index contributed by atoms with van der Waals surface area (Å²) in [6.07, 6.45) is 1.13. The zero-order chi connectivity index (χ0) is 10.8. The highest BCUT2D eigenvalue weighted by Crippen LogP contribution is 2.16. The Kier molecular flexibility index (Phi) is 3.53. The third-order valence-corrected chi connectivity index (χ3v) is 2.85. The molecule has 0 atom stereocenters. The molecule has 0 spiro atoms. The summed E-state index contributed by atoms with van der Waals surface area (Å²) in [6, 6.07) is 5.47. The predicted octanol–water partition coefficient (Wildman–Crippen LogP) is 1.70. The van der Waals surface area contributed by atoms with Gasteiger partial charge in [0, 0.05) is 11.6 Å². The molecular weight excluding hydrogens is 222 g/mol. The van der Waals surface area contributed by atoms with Crippen molar-refractivity contribution in [3.8, 4) is 0 Å². The first-order valence-electron chi connectivity index (χ1n) is 4.08. The second-order valence-electron chi connectivity index (χ2n) is 3.18. The summed E-state index contributed by atoms with van der Waals surface area (Å²) in [7, 11) is -3.14. The van der Waals surface area contributed by atoms with Crippen molar-refractivity contribution < 1.29 is 8.42 Å². The van der Waals surface area contributed by atoms with Crippen LogP contribution < -0.4 is 4.72 Å². The predicted molar refractivity (Wildman–Crippen MR) is 57.9 cm³/mol. The highest BCUT2D eigenvalue weighted by molar-refractivity contribution is 7.88. The molecule has 14 heavy (non-hydrogen) atoms. The summed E-state index contributed by atoms with van der Waals surface area (Å²) < 4.78 is 24.0. The average molecular weight is 234 g/mol. The van der Waals surface area contributed by atoms with Gasteiger partial charge in [0.05, 0.1) is 6.26 Å². The maximum Gasteiger partial charge on any atom is 0.209 e. The van der Waals surface area contributed by atoms with Gasteiger partial charge in [-0.1, -0.05) is 23.7 Å². The number of aryl methyl sites for hydroxylation is 1. The molecule has 5 heteroatoms. The first kappa shape index (κ1) is 11.5. The zero-order valence-corrected chi connectivity index (χ0v) is 9.61. The van der Waals surface area contributed by atoms with Gasteiger partial charge in [0.2, 0.25) is 10.0 Å². The van der Waals surface area contributed by atoms with E-state index in [0.29, 0.717) is 5.02 Å². The lowest BCUT2D eigenvalue weighted by atomic mass is 10.1. The van der Waals surface area contributed by atoms with Gasteiger partial charge in [-0.2, -0.15) is 0 Å². The number of hydrogen-bond acceptors (Lipinski definition) is 2. The molecule has 0 radical (unpaired) electrons. The lowest BCUT2D eigenvalue weighted by Gasteiger charge is -2.04. The highest BCUT2D eigenvalue weighted by atomic mass is 35.5. The number of halogens is 1. The van der Waals surface area contributed by atoms with Crippen LogP contribution in [0.3, 0.4) is 0 Å².